The van der Waals surface area contributed by atoms with Gasteiger partial charge >= 0.3 is 12.7 Å². The lowest BCUT2D eigenvalue weighted by molar-refractivity contribution is -0.441. The van der Waals surface area contributed by atoms with Crippen molar-refractivity contribution in [1.29, 1.82) is 0 Å². The van der Waals surface area contributed by atoms with Crippen molar-refractivity contribution in [3.8, 4) is 0 Å². The van der Waals surface area contributed by atoms with Crippen molar-refractivity contribution in [3.05, 3.63) is 0 Å². The van der Waals surface area contributed by atoms with Crippen LogP contribution < -0.4 is 4.13 Å². The molecule has 0 aromatic rings. The highest BCUT2D eigenvalue weighted by Gasteiger charge is 2.32. The fraction of sp³-hybridized carbons (Fsp3) is 1.00. The summed E-state index contributed by atoms with van der Waals surface area (Å²) in [6, 6.07) is 0. The predicted octanol–water partition coefficient (Wildman–Crippen LogP) is 2.64. The Balaban J connectivity index is 3.20. The molecule has 0 aliphatic rings. The molecule has 15 heavy (non-hydrogen) atoms. The average molecular weight is 281 g/mol. The predicted molar refractivity (Wildman–Crippen MR) is 34.8 cm³/mol. The molecular weight excluding hydrogens is 280 g/mol. The van der Waals surface area contributed by atoms with Crippen molar-refractivity contribution in [2.45, 2.75) is 12.7 Å². The van der Waals surface area contributed by atoms with E-state index in [2.05, 4.69) is 18.4 Å². The Kier molecular flexibility index (Phi) is 6.65. The highest BCUT2D eigenvalue weighted by molar-refractivity contribution is 8.08. The molecule has 0 unspecified atom stereocenters. The number of nitrogens with one attached hydrogen (secondary N) is 1. The SMILES string of the molecule is FC(F)(F)OOSNSOOC(F)(F)F. The van der Waals surface area contributed by atoms with E-state index in [1.807, 2.05) is 0 Å². The Morgan fingerprint density at radius 2 is 1.07 bits per heavy atom. The highest BCUT2D eigenvalue weighted by atomic mass is 32.2. The van der Waals surface area contributed by atoms with E-state index in [1.54, 1.807) is 4.13 Å². The zero-order valence-corrected chi connectivity index (χ0v) is 7.85. The lowest BCUT2D eigenvalue weighted by atomic mass is 11.4. The summed E-state index contributed by atoms with van der Waals surface area (Å²) in [5, 5.41) is 0. The fourth-order valence-corrected chi connectivity index (χ4v) is 0.709. The molecule has 0 rings (SSSR count). The van der Waals surface area contributed by atoms with Crippen LogP contribution in [0.25, 0.3) is 0 Å². The van der Waals surface area contributed by atoms with E-state index in [0.717, 1.165) is 0 Å². The Bertz CT molecular complexity index is 155. The van der Waals surface area contributed by atoms with Crippen LogP contribution in [0, 0.1) is 0 Å². The molecule has 1 N–H and O–H groups in total. The van der Waals surface area contributed by atoms with Gasteiger partial charge in [0.15, 0.2) is 0 Å². The number of hydrogen-bond donors (Lipinski definition) is 1. The van der Waals surface area contributed by atoms with Crippen molar-refractivity contribution in [2.75, 3.05) is 0 Å². The normalized spacial score (nSPS) is 13.2. The van der Waals surface area contributed by atoms with Gasteiger partial charge < -0.3 is 0 Å². The van der Waals surface area contributed by atoms with Crippen molar-refractivity contribution < 1.29 is 44.8 Å². The first-order valence-corrected chi connectivity index (χ1v) is 4.10. The Hall–Kier alpha value is 0.0800. The van der Waals surface area contributed by atoms with E-state index >= 15 is 0 Å². The molecule has 0 saturated carbocycles. The van der Waals surface area contributed by atoms with Gasteiger partial charge in [0.2, 0.25) is 0 Å². The molecule has 0 aromatic carbocycles. The minimum atomic E-state index is -5.01. The van der Waals surface area contributed by atoms with E-state index in [4.69, 9.17) is 0 Å². The molecule has 0 amide bonds. The van der Waals surface area contributed by atoms with E-state index in [-0.39, 0.29) is 24.5 Å². The fourth-order valence-electron chi connectivity index (χ4n) is 0.153. The van der Waals surface area contributed by atoms with Crippen molar-refractivity contribution in [2.24, 2.45) is 0 Å². The van der Waals surface area contributed by atoms with E-state index in [0.29, 0.717) is 0 Å². The topological polar surface area (TPSA) is 49.0 Å². The maximum Gasteiger partial charge on any atom is 0.550 e. The van der Waals surface area contributed by atoms with Crippen LogP contribution in [0.5, 0.6) is 0 Å². The maximum atomic E-state index is 11.2. The second kappa shape index (κ2) is 6.62. The third-order valence-corrected chi connectivity index (χ3v) is 1.21. The Morgan fingerprint density at radius 3 is 1.33 bits per heavy atom. The molecule has 92 valence electrons. The van der Waals surface area contributed by atoms with Crippen LogP contribution in [0.3, 0.4) is 0 Å². The first-order chi connectivity index (χ1) is 6.71. The first-order valence-electron chi connectivity index (χ1n) is 2.62. The minimum Gasteiger partial charge on any atom is -0.154 e. The van der Waals surface area contributed by atoms with Crippen LogP contribution in [0.1, 0.15) is 0 Å². The molecule has 0 atom stereocenters. The lowest BCUT2D eigenvalue weighted by Gasteiger charge is -2.05. The molecule has 0 heterocycles. The molecule has 0 aromatic heterocycles. The average Bonchev–Trinajstić information content (AvgIpc) is 1.98. The Labute approximate surface area is 86.9 Å². The van der Waals surface area contributed by atoms with Gasteiger partial charge in [-0.1, -0.05) is 0 Å². The summed E-state index contributed by atoms with van der Waals surface area (Å²) in [4.78, 5) is 5.49. The first kappa shape index (κ1) is 15.1. The molecule has 0 saturated heterocycles. The van der Waals surface area contributed by atoms with Gasteiger partial charge in [-0.05, 0) is 0 Å². The number of halogens is 6. The molecule has 0 spiro atoms. The van der Waals surface area contributed by atoms with Gasteiger partial charge in [0.1, 0.15) is 24.5 Å². The van der Waals surface area contributed by atoms with Gasteiger partial charge in [-0.25, -0.2) is 0 Å². The lowest BCUT2D eigenvalue weighted by Crippen LogP contribution is -2.13. The Morgan fingerprint density at radius 1 is 0.733 bits per heavy atom. The largest absolute Gasteiger partial charge is 0.550 e. The van der Waals surface area contributed by atoms with Crippen LogP contribution in [-0.2, 0) is 18.4 Å². The molecule has 0 aliphatic heterocycles. The quantitative estimate of drug-likeness (QED) is 0.200. The van der Waals surface area contributed by atoms with Gasteiger partial charge in [-0.15, -0.1) is 44.8 Å². The second-order valence-corrected chi connectivity index (χ2v) is 2.72. The summed E-state index contributed by atoms with van der Waals surface area (Å²) < 4.78 is 75.5. The molecule has 0 aliphatic carbocycles. The van der Waals surface area contributed by atoms with Crippen LogP contribution in [0.15, 0.2) is 0 Å². The van der Waals surface area contributed by atoms with Crippen molar-refractivity contribution in [1.82, 2.24) is 4.13 Å². The summed E-state index contributed by atoms with van der Waals surface area (Å²) in [5.41, 5.74) is 0. The monoisotopic (exact) mass is 281 g/mol. The second-order valence-electron chi connectivity index (χ2n) is 1.44. The molecule has 5 nitrogen and oxygen atoms in total. The summed E-state index contributed by atoms with van der Waals surface area (Å²) in [5.74, 6) is 0. The van der Waals surface area contributed by atoms with Crippen molar-refractivity contribution >= 4 is 24.5 Å². The standard InChI is InChI=1S/C2HF6NO4S2/c3-1(4,5)10-12-14-9-15-13-11-2(6,7)8/h9H. The summed E-state index contributed by atoms with van der Waals surface area (Å²) in [7, 11) is 0. The van der Waals surface area contributed by atoms with E-state index in [9.17, 15) is 26.3 Å². The van der Waals surface area contributed by atoms with E-state index < -0.39 is 12.7 Å². The summed E-state index contributed by atoms with van der Waals surface area (Å²) in [6.45, 7) is 0. The van der Waals surface area contributed by atoms with Gasteiger partial charge in [0.25, 0.3) is 0 Å². The molecule has 13 heteroatoms. The molecule has 0 bridgehead atoms. The van der Waals surface area contributed by atoms with Gasteiger partial charge in [-0.3, -0.25) is 0 Å². The van der Waals surface area contributed by atoms with Crippen LogP contribution in [0.2, 0.25) is 0 Å². The van der Waals surface area contributed by atoms with E-state index in [1.165, 1.54) is 0 Å². The maximum absolute atomic E-state index is 11.2. The minimum absolute atomic E-state index is 0.171. The third kappa shape index (κ3) is 14.1. The van der Waals surface area contributed by atoms with Crippen LogP contribution in [0.4, 0.5) is 26.3 Å². The number of rotatable bonds is 6. The zero-order chi connectivity index (χ0) is 11.9. The highest BCUT2D eigenvalue weighted by Crippen LogP contribution is 2.21. The zero-order valence-electron chi connectivity index (χ0n) is 6.22. The van der Waals surface area contributed by atoms with Crippen molar-refractivity contribution in [3.63, 3.8) is 0 Å². The molecule has 0 fully saturated rings. The van der Waals surface area contributed by atoms with Crippen LogP contribution >= 0.6 is 24.5 Å². The number of hydrogen-bond acceptors (Lipinski definition) is 7. The summed E-state index contributed by atoms with van der Waals surface area (Å²) >= 11 is -0.342. The van der Waals surface area contributed by atoms with Gasteiger partial charge in [0.05, 0.1) is 0 Å². The van der Waals surface area contributed by atoms with Gasteiger partial charge in [0, 0.05) is 0 Å². The smallest absolute Gasteiger partial charge is 0.154 e. The van der Waals surface area contributed by atoms with Gasteiger partial charge in [-0.2, -0.15) is 4.13 Å². The summed E-state index contributed by atoms with van der Waals surface area (Å²) in [6.07, 6.45) is -10.0. The molecular formula is C2HF6NO4S2. The third-order valence-electron chi connectivity index (χ3n) is 0.393. The molecule has 0 radical (unpaired) electrons. The number of alkyl halides is 6. The van der Waals surface area contributed by atoms with Crippen LogP contribution in [-0.4, -0.2) is 12.7 Å².